The summed E-state index contributed by atoms with van der Waals surface area (Å²) < 4.78 is 11.2. The highest BCUT2D eigenvalue weighted by Gasteiger charge is 2.13. The zero-order valence-electron chi connectivity index (χ0n) is 12.6. The third-order valence-electron chi connectivity index (χ3n) is 3.84. The number of anilines is 1. The van der Waals surface area contributed by atoms with E-state index in [1.54, 1.807) is 0 Å². The predicted octanol–water partition coefficient (Wildman–Crippen LogP) is 3.89. The van der Waals surface area contributed by atoms with E-state index in [0.717, 1.165) is 62.2 Å². The van der Waals surface area contributed by atoms with Gasteiger partial charge in [0, 0.05) is 31.8 Å². The molecule has 3 rings (SSSR count). The molecule has 1 fully saturated rings. The first kappa shape index (κ1) is 15.5. The molecule has 0 radical (unpaired) electrons. The van der Waals surface area contributed by atoms with Crippen molar-refractivity contribution in [3.05, 3.63) is 35.5 Å². The lowest BCUT2D eigenvalue weighted by Crippen LogP contribution is -2.24. The summed E-state index contributed by atoms with van der Waals surface area (Å²) >= 11 is 6.22. The second-order valence-corrected chi connectivity index (χ2v) is 5.84. The van der Waals surface area contributed by atoms with Crippen molar-refractivity contribution in [1.82, 2.24) is 4.98 Å². The average molecular weight is 321 g/mol. The second kappa shape index (κ2) is 7.77. The first-order valence-corrected chi connectivity index (χ1v) is 8.19. The smallest absolute Gasteiger partial charge is 0.139 e. The molecule has 0 spiro atoms. The molecule has 0 saturated carbocycles. The Hall–Kier alpha value is -1.36. The average Bonchev–Trinajstić information content (AvgIpc) is 2.56. The van der Waals surface area contributed by atoms with Gasteiger partial charge < -0.3 is 14.8 Å². The third kappa shape index (κ3) is 4.09. The van der Waals surface area contributed by atoms with Gasteiger partial charge in [0.2, 0.25) is 0 Å². The molecule has 0 unspecified atom stereocenters. The topological polar surface area (TPSA) is 43.4 Å². The maximum absolute atomic E-state index is 6.22. The van der Waals surface area contributed by atoms with Gasteiger partial charge in [0.15, 0.2) is 0 Å². The third-order valence-corrected chi connectivity index (χ3v) is 4.13. The molecule has 1 aliphatic rings. The zero-order chi connectivity index (χ0) is 15.2. The summed E-state index contributed by atoms with van der Waals surface area (Å²) in [5, 5.41) is 5.94. The number of pyridine rings is 1. The van der Waals surface area contributed by atoms with Crippen LogP contribution in [0.25, 0.3) is 10.8 Å². The number of rotatable bonds is 6. The van der Waals surface area contributed by atoms with Gasteiger partial charge in [-0.3, -0.25) is 0 Å². The SMILES string of the molecule is Clc1nc(NCCCOC2CCOCC2)cc2ccccc12. The molecule has 0 aliphatic carbocycles. The van der Waals surface area contributed by atoms with Gasteiger partial charge in [0.1, 0.15) is 11.0 Å². The molecule has 4 nitrogen and oxygen atoms in total. The monoisotopic (exact) mass is 320 g/mol. The molecule has 1 N–H and O–H groups in total. The van der Waals surface area contributed by atoms with E-state index in [1.807, 2.05) is 30.3 Å². The van der Waals surface area contributed by atoms with E-state index in [0.29, 0.717) is 11.3 Å². The molecule has 2 heterocycles. The van der Waals surface area contributed by atoms with Crippen molar-refractivity contribution in [3.63, 3.8) is 0 Å². The molecular formula is C17H21ClN2O2. The van der Waals surface area contributed by atoms with E-state index in [4.69, 9.17) is 21.1 Å². The normalized spacial score (nSPS) is 16.0. The van der Waals surface area contributed by atoms with Gasteiger partial charge in [-0.15, -0.1) is 0 Å². The lowest BCUT2D eigenvalue weighted by Gasteiger charge is -2.22. The van der Waals surface area contributed by atoms with Crippen LogP contribution in [0.2, 0.25) is 5.15 Å². The highest BCUT2D eigenvalue weighted by molar-refractivity contribution is 6.34. The standard InChI is InChI=1S/C17H21ClN2O2/c18-17-15-5-2-1-4-13(15)12-16(20-17)19-8-3-9-22-14-6-10-21-11-7-14/h1-2,4-5,12,14H,3,6-11H2,(H,19,20). The molecule has 2 aromatic rings. The summed E-state index contributed by atoms with van der Waals surface area (Å²) in [6, 6.07) is 10.0. The van der Waals surface area contributed by atoms with Crippen LogP contribution in [-0.4, -0.2) is 37.5 Å². The van der Waals surface area contributed by atoms with Gasteiger partial charge in [-0.2, -0.15) is 0 Å². The Bertz CT molecular complexity index is 615. The predicted molar refractivity (Wildman–Crippen MR) is 89.7 cm³/mol. The fourth-order valence-corrected chi connectivity index (χ4v) is 2.89. The molecule has 0 amide bonds. The first-order valence-electron chi connectivity index (χ1n) is 7.81. The van der Waals surface area contributed by atoms with Crippen LogP contribution in [0.1, 0.15) is 19.3 Å². The zero-order valence-corrected chi connectivity index (χ0v) is 13.3. The highest BCUT2D eigenvalue weighted by atomic mass is 35.5. The van der Waals surface area contributed by atoms with Crippen molar-refractivity contribution < 1.29 is 9.47 Å². The Morgan fingerprint density at radius 2 is 2.09 bits per heavy atom. The fraction of sp³-hybridized carbons (Fsp3) is 0.471. The Morgan fingerprint density at radius 1 is 1.27 bits per heavy atom. The Labute approximate surface area is 135 Å². The molecular weight excluding hydrogens is 300 g/mol. The molecule has 1 aromatic carbocycles. The van der Waals surface area contributed by atoms with Crippen LogP contribution in [0.15, 0.2) is 30.3 Å². The molecule has 0 bridgehead atoms. The van der Waals surface area contributed by atoms with Gasteiger partial charge in [0.25, 0.3) is 0 Å². The van der Waals surface area contributed by atoms with Crippen LogP contribution in [0.4, 0.5) is 5.82 Å². The van der Waals surface area contributed by atoms with Crippen molar-refractivity contribution >= 4 is 28.2 Å². The number of aromatic nitrogens is 1. The summed E-state index contributed by atoms with van der Waals surface area (Å²) in [6.45, 7) is 3.23. The molecule has 5 heteroatoms. The fourth-order valence-electron chi connectivity index (χ4n) is 2.63. The van der Waals surface area contributed by atoms with E-state index >= 15 is 0 Å². The van der Waals surface area contributed by atoms with Crippen LogP contribution < -0.4 is 5.32 Å². The van der Waals surface area contributed by atoms with Crippen molar-refractivity contribution in [1.29, 1.82) is 0 Å². The summed E-state index contributed by atoms with van der Waals surface area (Å²) in [5.41, 5.74) is 0. The number of ether oxygens (including phenoxy) is 2. The molecule has 1 saturated heterocycles. The Morgan fingerprint density at radius 3 is 2.95 bits per heavy atom. The van der Waals surface area contributed by atoms with E-state index in [2.05, 4.69) is 10.3 Å². The second-order valence-electron chi connectivity index (χ2n) is 5.48. The summed E-state index contributed by atoms with van der Waals surface area (Å²) in [5.74, 6) is 0.815. The van der Waals surface area contributed by atoms with Crippen molar-refractivity contribution in [3.8, 4) is 0 Å². The van der Waals surface area contributed by atoms with Crippen LogP contribution in [0.3, 0.4) is 0 Å². The number of hydrogen-bond acceptors (Lipinski definition) is 4. The van der Waals surface area contributed by atoms with Crippen LogP contribution in [0.5, 0.6) is 0 Å². The number of nitrogens with one attached hydrogen (secondary N) is 1. The number of nitrogens with zero attached hydrogens (tertiary/aromatic N) is 1. The lowest BCUT2D eigenvalue weighted by atomic mass is 10.1. The van der Waals surface area contributed by atoms with Gasteiger partial charge in [-0.1, -0.05) is 35.9 Å². The molecule has 1 aromatic heterocycles. The van der Waals surface area contributed by atoms with Crippen molar-refractivity contribution in [2.24, 2.45) is 0 Å². The number of fused-ring (bicyclic) bond motifs is 1. The largest absolute Gasteiger partial charge is 0.381 e. The summed E-state index contributed by atoms with van der Waals surface area (Å²) in [4.78, 5) is 4.39. The van der Waals surface area contributed by atoms with E-state index in [-0.39, 0.29) is 0 Å². The van der Waals surface area contributed by atoms with Gasteiger partial charge in [-0.05, 0) is 30.7 Å². The molecule has 0 atom stereocenters. The minimum absolute atomic E-state index is 0.363. The molecule has 118 valence electrons. The quantitative estimate of drug-likeness (QED) is 0.648. The van der Waals surface area contributed by atoms with Gasteiger partial charge >= 0.3 is 0 Å². The molecule has 1 aliphatic heterocycles. The van der Waals surface area contributed by atoms with Crippen molar-refractivity contribution in [2.45, 2.75) is 25.4 Å². The van der Waals surface area contributed by atoms with Crippen LogP contribution in [0, 0.1) is 0 Å². The Kier molecular flexibility index (Phi) is 5.48. The van der Waals surface area contributed by atoms with E-state index in [1.165, 1.54) is 0 Å². The lowest BCUT2D eigenvalue weighted by molar-refractivity contribution is -0.0316. The van der Waals surface area contributed by atoms with Crippen LogP contribution in [-0.2, 0) is 9.47 Å². The van der Waals surface area contributed by atoms with E-state index in [9.17, 15) is 0 Å². The number of hydrogen-bond donors (Lipinski definition) is 1. The molecule has 22 heavy (non-hydrogen) atoms. The van der Waals surface area contributed by atoms with Crippen molar-refractivity contribution in [2.75, 3.05) is 31.7 Å². The van der Waals surface area contributed by atoms with Gasteiger partial charge in [0.05, 0.1) is 6.10 Å². The van der Waals surface area contributed by atoms with E-state index < -0.39 is 0 Å². The Balaban J connectivity index is 1.45. The van der Waals surface area contributed by atoms with Gasteiger partial charge in [-0.25, -0.2) is 4.98 Å². The maximum Gasteiger partial charge on any atom is 0.139 e. The first-order chi connectivity index (χ1) is 10.8. The number of halogens is 1. The number of benzene rings is 1. The highest BCUT2D eigenvalue weighted by Crippen LogP contribution is 2.24. The van der Waals surface area contributed by atoms with Crippen LogP contribution >= 0.6 is 11.6 Å². The summed E-state index contributed by atoms with van der Waals surface area (Å²) in [6.07, 6.45) is 3.33. The minimum atomic E-state index is 0.363. The maximum atomic E-state index is 6.22. The summed E-state index contributed by atoms with van der Waals surface area (Å²) in [7, 11) is 0. The minimum Gasteiger partial charge on any atom is -0.381 e.